The van der Waals surface area contributed by atoms with Gasteiger partial charge in [-0.05, 0) is 39.1 Å². The minimum atomic E-state index is -0.538. The fraction of sp³-hybridized carbons (Fsp3) is 0.368. The van der Waals surface area contributed by atoms with E-state index in [9.17, 15) is 0 Å². The Balaban J connectivity index is 2.00. The molecule has 118 valence electrons. The van der Waals surface area contributed by atoms with Gasteiger partial charge < -0.3 is 14.0 Å². The highest BCUT2D eigenvalue weighted by atomic mass is 16.7. The van der Waals surface area contributed by atoms with Gasteiger partial charge in [0.2, 0.25) is 0 Å². The zero-order valence-electron chi connectivity index (χ0n) is 14.3. The lowest BCUT2D eigenvalue weighted by Crippen LogP contribution is -2.41. The lowest BCUT2D eigenvalue weighted by molar-refractivity contribution is 0.00578. The van der Waals surface area contributed by atoms with E-state index < -0.39 is 7.12 Å². The molecule has 0 saturated carbocycles. The van der Waals surface area contributed by atoms with Gasteiger partial charge in [0.15, 0.2) is 0 Å². The summed E-state index contributed by atoms with van der Waals surface area (Å²) in [6.45, 7) is 8.08. The van der Waals surface area contributed by atoms with Crippen molar-refractivity contribution >= 4 is 17.9 Å². The Morgan fingerprint density at radius 1 is 0.957 bits per heavy atom. The molecule has 0 aliphatic carbocycles. The molecule has 0 unspecified atom stereocenters. The van der Waals surface area contributed by atoms with Gasteiger partial charge in [0.05, 0.1) is 23.9 Å². The van der Waals surface area contributed by atoms with E-state index in [1.165, 1.54) is 0 Å². The fourth-order valence-corrected chi connectivity index (χ4v) is 2.58. The smallest absolute Gasteiger partial charge is 0.495 e. The van der Waals surface area contributed by atoms with Gasteiger partial charge >= 0.3 is 7.12 Å². The van der Waals surface area contributed by atoms with Crippen molar-refractivity contribution in [3.63, 3.8) is 0 Å². The van der Waals surface area contributed by atoms with Crippen LogP contribution in [0.25, 0.3) is 10.8 Å². The molecule has 0 N–H and O–H groups in total. The molecule has 0 bridgehead atoms. The molecular formula is C19H21BO3. The summed E-state index contributed by atoms with van der Waals surface area (Å²) < 4.78 is 17.3. The standard InChI is InChI=1S/C19H21BO3/c1-18(2)19(3,4)23-20(22-18)13-12-16-15-9-7-6-8-14(15)10-11-17(16)21-5/h6-11H,1-5H3. The van der Waals surface area contributed by atoms with E-state index in [2.05, 4.69) is 17.8 Å². The average Bonchev–Trinajstić information content (AvgIpc) is 2.72. The van der Waals surface area contributed by atoms with Gasteiger partial charge in [0, 0.05) is 5.39 Å². The first-order chi connectivity index (χ1) is 10.8. The first-order valence-electron chi connectivity index (χ1n) is 7.77. The Morgan fingerprint density at radius 3 is 2.26 bits per heavy atom. The molecule has 2 aromatic carbocycles. The van der Waals surface area contributed by atoms with Crippen molar-refractivity contribution in [1.82, 2.24) is 0 Å². The molecule has 1 saturated heterocycles. The lowest BCUT2D eigenvalue weighted by atomic mass is 9.90. The van der Waals surface area contributed by atoms with Crippen LogP contribution in [0.5, 0.6) is 5.75 Å². The summed E-state index contributed by atoms with van der Waals surface area (Å²) in [4.78, 5) is 0. The third-order valence-corrected chi connectivity index (χ3v) is 4.68. The Hall–Kier alpha value is -1.96. The number of benzene rings is 2. The number of hydrogen-bond donors (Lipinski definition) is 0. The third-order valence-electron chi connectivity index (χ3n) is 4.68. The summed E-state index contributed by atoms with van der Waals surface area (Å²) in [5.74, 6) is 7.06. The molecule has 1 heterocycles. The second-order valence-electron chi connectivity index (χ2n) is 6.72. The van der Waals surface area contributed by atoms with Crippen LogP contribution in [-0.2, 0) is 9.31 Å². The number of ether oxygens (including phenoxy) is 1. The maximum Gasteiger partial charge on any atom is 0.551 e. The van der Waals surface area contributed by atoms with Gasteiger partial charge in [-0.15, -0.1) is 0 Å². The summed E-state index contributed by atoms with van der Waals surface area (Å²) >= 11 is 0. The zero-order valence-corrected chi connectivity index (χ0v) is 14.3. The second kappa shape index (κ2) is 5.60. The van der Waals surface area contributed by atoms with E-state index in [1.54, 1.807) is 7.11 Å². The number of hydrogen-bond acceptors (Lipinski definition) is 3. The SMILES string of the molecule is COc1ccc2ccccc2c1C#CB1OC(C)(C)C(C)(C)O1. The minimum Gasteiger partial charge on any atom is -0.495 e. The largest absolute Gasteiger partial charge is 0.551 e. The molecule has 0 radical (unpaired) electrons. The Kier molecular flexibility index (Phi) is 3.87. The summed E-state index contributed by atoms with van der Waals surface area (Å²) in [6, 6.07) is 12.1. The quantitative estimate of drug-likeness (QED) is 0.592. The van der Waals surface area contributed by atoms with Crippen LogP contribution < -0.4 is 4.74 Å². The predicted molar refractivity (Wildman–Crippen MR) is 93.5 cm³/mol. The van der Waals surface area contributed by atoms with Crippen LogP contribution in [0.1, 0.15) is 33.3 Å². The summed E-state index contributed by atoms with van der Waals surface area (Å²) in [5.41, 5.74) is 0.102. The molecular weight excluding hydrogens is 287 g/mol. The highest BCUT2D eigenvalue weighted by Crippen LogP contribution is 2.36. The van der Waals surface area contributed by atoms with Crippen molar-refractivity contribution in [2.75, 3.05) is 7.11 Å². The highest BCUT2D eigenvalue weighted by Gasteiger charge is 2.50. The van der Waals surface area contributed by atoms with Crippen LogP contribution >= 0.6 is 0 Å². The lowest BCUT2D eigenvalue weighted by Gasteiger charge is -2.32. The van der Waals surface area contributed by atoms with Crippen molar-refractivity contribution in [2.45, 2.75) is 38.9 Å². The topological polar surface area (TPSA) is 27.7 Å². The number of rotatable bonds is 1. The molecule has 4 heteroatoms. The fourth-order valence-electron chi connectivity index (χ4n) is 2.58. The van der Waals surface area contributed by atoms with Crippen LogP contribution in [0.15, 0.2) is 36.4 Å². The Labute approximate surface area is 138 Å². The molecule has 3 rings (SSSR count). The predicted octanol–water partition coefficient (Wildman–Crippen LogP) is 3.83. The molecule has 0 spiro atoms. The van der Waals surface area contributed by atoms with E-state index >= 15 is 0 Å². The van der Waals surface area contributed by atoms with Crippen LogP contribution in [0.4, 0.5) is 0 Å². The van der Waals surface area contributed by atoms with Gasteiger partial charge in [-0.3, -0.25) is 0 Å². The highest BCUT2D eigenvalue weighted by molar-refractivity contribution is 6.55. The number of methoxy groups -OCH3 is 1. The third kappa shape index (κ3) is 2.83. The molecule has 0 amide bonds. The van der Waals surface area contributed by atoms with Crippen LogP contribution in [-0.4, -0.2) is 25.4 Å². The maximum atomic E-state index is 5.93. The monoisotopic (exact) mass is 308 g/mol. The van der Waals surface area contributed by atoms with Crippen LogP contribution in [0, 0.1) is 11.7 Å². The van der Waals surface area contributed by atoms with Gasteiger partial charge in [-0.25, -0.2) is 0 Å². The molecule has 0 atom stereocenters. The zero-order chi connectivity index (χ0) is 16.7. The first kappa shape index (κ1) is 15.9. The van der Waals surface area contributed by atoms with Crippen molar-refractivity contribution in [3.8, 4) is 17.5 Å². The molecule has 1 fully saturated rings. The van der Waals surface area contributed by atoms with Crippen LogP contribution in [0.3, 0.4) is 0 Å². The Morgan fingerprint density at radius 2 is 1.61 bits per heavy atom. The number of fused-ring (bicyclic) bond motifs is 1. The molecule has 0 aromatic heterocycles. The van der Waals surface area contributed by atoms with Gasteiger partial charge in [-0.2, -0.15) is 0 Å². The molecule has 3 nitrogen and oxygen atoms in total. The van der Waals surface area contributed by atoms with Crippen LogP contribution in [0.2, 0.25) is 0 Å². The minimum absolute atomic E-state index is 0.380. The van der Waals surface area contributed by atoms with Crippen molar-refractivity contribution in [2.24, 2.45) is 0 Å². The van der Waals surface area contributed by atoms with E-state index in [0.717, 1.165) is 22.1 Å². The van der Waals surface area contributed by atoms with Crippen molar-refractivity contribution in [1.29, 1.82) is 0 Å². The summed E-state index contributed by atoms with van der Waals surface area (Å²) in [7, 11) is 1.12. The summed E-state index contributed by atoms with van der Waals surface area (Å²) in [6.07, 6.45) is 0. The maximum absolute atomic E-state index is 5.93. The van der Waals surface area contributed by atoms with Crippen molar-refractivity contribution < 1.29 is 14.0 Å². The van der Waals surface area contributed by atoms with E-state index in [-0.39, 0.29) is 11.2 Å². The normalized spacial score (nSPS) is 18.6. The molecule has 1 aliphatic heterocycles. The molecule has 1 aliphatic rings. The van der Waals surface area contributed by atoms with Gasteiger partial charge in [0.1, 0.15) is 5.75 Å². The van der Waals surface area contributed by atoms with Gasteiger partial charge in [-0.1, -0.05) is 42.1 Å². The molecule has 23 heavy (non-hydrogen) atoms. The molecule has 2 aromatic rings. The van der Waals surface area contributed by atoms with E-state index in [1.807, 2.05) is 58.0 Å². The Bertz CT molecular complexity index is 783. The second-order valence-corrected chi connectivity index (χ2v) is 6.72. The summed E-state index contributed by atoms with van der Waals surface area (Å²) in [5, 5.41) is 2.20. The van der Waals surface area contributed by atoms with Gasteiger partial charge in [0.25, 0.3) is 0 Å². The van der Waals surface area contributed by atoms with E-state index in [0.29, 0.717) is 0 Å². The van der Waals surface area contributed by atoms with E-state index in [4.69, 9.17) is 14.0 Å². The first-order valence-corrected chi connectivity index (χ1v) is 7.77. The average molecular weight is 308 g/mol. The van der Waals surface area contributed by atoms with Crippen molar-refractivity contribution in [3.05, 3.63) is 42.0 Å².